The summed E-state index contributed by atoms with van der Waals surface area (Å²) in [7, 11) is 1.81. The van der Waals surface area contributed by atoms with Gasteiger partial charge in [-0.1, -0.05) is 64.1 Å². The average Bonchev–Trinajstić information content (AvgIpc) is 3.02. The van der Waals surface area contributed by atoms with Crippen LogP contribution in [0.4, 0.5) is 0 Å². The quantitative estimate of drug-likeness (QED) is 0.552. The Morgan fingerprint density at radius 2 is 1.81 bits per heavy atom. The van der Waals surface area contributed by atoms with Gasteiger partial charge in [0, 0.05) is 23.8 Å². The SMILES string of the molecule is Cc1nnc(SCC(=O)N(C)Cc2ccccc2Br)n1-c1ccccc1. The molecular formula is C19H19BrN4OS. The second-order valence-electron chi connectivity index (χ2n) is 5.83. The molecule has 0 saturated heterocycles. The highest BCUT2D eigenvalue weighted by atomic mass is 79.9. The zero-order valence-corrected chi connectivity index (χ0v) is 17.0. The third-order valence-electron chi connectivity index (χ3n) is 3.93. The van der Waals surface area contributed by atoms with Crippen molar-refractivity contribution < 1.29 is 4.79 Å². The molecule has 0 bridgehead atoms. The molecule has 5 nitrogen and oxygen atoms in total. The standard InChI is InChI=1S/C19H19BrN4OS/c1-14-21-22-19(24(14)16-9-4-3-5-10-16)26-13-18(25)23(2)12-15-8-6-7-11-17(15)20/h3-11H,12-13H2,1-2H3. The van der Waals surface area contributed by atoms with Crippen LogP contribution in [0.25, 0.3) is 5.69 Å². The molecule has 7 heteroatoms. The van der Waals surface area contributed by atoms with Crippen molar-refractivity contribution in [1.82, 2.24) is 19.7 Å². The Bertz CT molecular complexity index is 898. The number of amides is 1. The number of rotatable bonds is 6. The minimum Gasteiger partial charge on any atom is -0.341 e. The first-order valence-corrected chi connectivity index (χ1v) is 9.91. The van der Waals surface area contributed by atoms with Gasteiger partial charge in [0.15, 0.2) is 5.16 Å². The predicted molar refractivity (Wildman–Crippen MR) is 107 cm³/mol. The van der Waals surface area contributed by atoms with E-state index in [1.165, 1.54) is 11.8 Å². The lowest BCUT2D eigenvalue weighted by atomic mass is 10.2. The number of carbonyl (C=O) groups is 1. The summed E-state index contributed by atoms with van der Waals surface area (Å²) in [6.45, 7) is 2.47. The summed E-state index contributed by atoms with van der Waals surface area (Å²) in [5, 5.41) is 9.09. The van der Waals surface area contributed by atoms with Crippen LogP contribution in [-0.4, -0.2) is 38.4 Å². The van der Waals surface area contributed by atoms with E-state index in [0.29, 0.717) is 12.3 Å². The van der Waals surface area contributed by atoms with Crippen LogP contribution in [0.1, 0.15) is 11.4 Å². The highest BCUT2D eigenvalue weighted by molar-refractivity contribution is 9.10. The molecule has 3 aromatic rings. The van der Waals surface area contributed by atoms with Crippen LogP contribution in [-0.2, 0) is 11.3 Å². The first kappa shape index (κ1) is 18.7. The van der Waals surface area contributed by atoms with Gasteiger partial charge in [-0.25, -0.2) is 0 Å². The highest BCUT2D eigenvalue weighted by Crippen LogP contribution is 2.22. The molecule has 0 N–H and O–H groups in total. The molecule has 0 spiro atoms. The van der Waals surface area contributed by atoms with E-state index in [0.717, 1.165) is 26.7 Å². The van der Waals surface area contributed by atoms with Crippen LogP contribution < -0.4 is 0 Å². The molecule has 26 heavy (non-hydrogen) atoms. The lowest BCUT2D eigenvalue weighted by Crippen LogP contribution is -2.28. The number of benzene rings is 2. The number of carbonyl (C=O) groups excluding carboxylic acids is 1. The van der Waals surface area contributed by atoms with Crippen molar-refractivity contribution in [3.05, 3.63) is 70.5 Å². The zero-order valence-electron chi connectivity index (χ0n) is 14.6. The van der Waals surface area contributed by atoms with Gasteiger partial charge in [0.2, 0.25) is 5.91 Å². The molecule has 0 radical (unpaired) electrons. The summed E-state index contributed by atoms with van der Waals surface area (Å²) < 4.78 is 2.97. The predicted octanol–water partition coefficient (Wildman–Crippen LogP) is 4.09. The van der Waals surface area contributed by atoms with E-state index in [4.69, 9.17) is 0 Å². The molecule has 0 aliphatic rings. The minimum atomic E-state index is 0.0472. The van der Waals surface area contributed by atoms with Gasteiger partial charge in [-0.15, -0.1) is 10.2 Å². The molecule has 2 aromatic carbocycles. The van der Waals surface area contributed by atoms with Crippen LogP contribution >= 0.6 is 27.7 Å². The van der Waals surface area contributed by atoms with Crippen molar-refractivity contribution in [3.8, 4) is 5.69 Å². The number of hydrogen-bond acceptors (Lipinski definition) is 4. The Morgan fingerprint density at radius 1 is 1.12 bits per heavy atom. The molecular weight excluding hydrogens is 412 g/mol. The second-order valence-corrected chi connectivity index (χ2v) is 7.63. The number of thioether (sulfide) groups is 1. The van der Waals surface area contributed by atoms with Gasteiger partial charge in [-0.05, 0) is 30.7 Å². The zero-order chi connectivity index (χ0) is 18.5. The molecule has 0 aliphatic heterocycles. The minimum absolute atomic E-state index is 0.0472. The van der Waals surface area contributed by atoms with Crippen LogP contribution in [0, 0.1) is 6.92 Å². The molecule has 0 unspecified atom stereocenters. The smallest absolute Gasteiger partial charge is 0.233 e. The Hall–Kier alpha value is -2.12. The number of halogens is 1. The largest absolute Gasteiger partial charge is 0.341 e. The van der Waals surface area contributed by atoms with E-state index in [2.05, 4.69) is 26.1 Å². The fourth-order valence-electron chi connectivity index (χ4n) is 2.52. The molecule has 0 aliphatic carbocycles. The number of aryl methyl sites for hydroxylation is 1. The van der Waals surface area contributed by atoms with Gasteiger partial charge >= 0.3 is 0 Å². The lowest BCUT2D eigenvalue weighted by Gasteiger charge is -2.18. The Kier molecular flexibility index (Phi) is 6.11. The summed E-state index contributed by atoms with van der Waals surface area (Å²) in [6, 6.07) is 17.8. The Balaban J connectivity index is 1.66. The molecule has 1 amide bonds. The third-order valence-corrected chi connectivity index (χ3v) is 5.61. The van der Waals surface area contributed by atoms with Crippen molar-refractivity contribution in [1.29, 1.82) is 0 Å². The van der Waals surface area contributed by atoms with E-state index in [-0.39, 0.29) is 5.91 Å². The number of nitrogens with zero attached hydrogens (tertiary/aromatic N) is 4. The molecule has 0 saturated carbocycles. The van der Waals surface area contributed by atoms with Gasteiger partial charge < -0.3 is 4.90 Å². The van der Waals surface area contributed by atoms with Crippen molar-refractivity contribution in [3.63, 3.8) is 0 Å². The van der Waals surface area contributed by atoms with Gasteiger partial charge in [0.1, 0.15) is 5.82 Å². The maximum Gasteiger partial charge on any atom is 0.233 e. The fourth-order valence-corrected chi connectivity index (χ4v) is 3.87. The first-order valence-electron chi connectivity index (χ1n) is 8.14. The normalized spacial score (nSPS) is 10.7. The second kappa shape index (κ2) is 8.51. The summed E-state index contributed by atoms with van der Waals surface area (Å²) in [4.78, 5) is 14.2. The van der Waals surface area contributed by atoms with Gasteiger partial charge in [0.25, 0.3) is 0 Å². The molecule has 1 heterocycles. The van der Waals surface area contributed by atoms with E-state index in [1.54, 1.807) is 4.90 Å². The Morgan fingerprint density at radius 3 is 2.54 bits per heavy atom. The highest BCUT2D eigenvalue weighted by Gasteiger charge is 2.16. The van der Waals surface area contributed by atoms with E-state index in [9.17, 15) is 4.79 Å². The molecule has 0 atom stereocenters. The Labute approximate surface area is 165 Å². The van der Waals surface area contributed by atoms with Crippen LogP contribution in [0.5, 0.6) is 0 Å². The maximum atomic E-state index is 12.5. The summed E-state index contributed by atoms with van der Waals surface area (Å²) in [5.41, 5.74) is 2.07. The summed E-state index contributed by atoms with van der Waals surface area (Å²) in [6.07, 6.45) is 0. The van der Waals surface area contributed by atoms with Crippen LogP contribution in [0.2, 0.25) is 0 Å². The van der Waals surface area contributed by atoms with E-state index < -0.39 is 0 Å². The lowest BCUT2D eigenvalue weighted by molar-refractivity contribution is -0.127. The van der Waals surface area contributed by atoms with Gasteiger partial charge in [-0.3, -0.25) is 9.36 Å². The monoisotopic (exact) mass is 430 g/mol. The molecule has 134 valence electrons. The number of aromatic nitrogens is 3. The number of para-hydroxylation sites is 1. The summed E-state index contributed by atoms with van der Waals surface area (Å²) >= 11 is 4.92. The third kappa shape index (κ3) is 4.34. The van der Waals surface area contributed by atoms with Crippen LogP contribution in [0.3, 0.4) is 0 Å². The van der Waals surface area contributed by atoms with Gasteiger partial charge in [-0.2, -0.15) is 0 Å². The topological polar surface area (TPSA) is 51.0 Å². The fraction of sp³-hybridized carbons (Fsp3) is 0.211. The van der Waals surface area contributed by atoms with Crippen molar-refractivity contribution in [2.75, 3.05) is 12.8 Å². The maximum absolute atomic E-state index is 12.5. The van der Waals surface area contributed by atoms with Crippen molar-refractivity contribution >= 4 is 33.6 Å². The summed E-state index contributed by atoms with van der Waals surface area (Å²) in [5.74, 6) is 1.16. The molecule has 3 rings (SSSR count). The van der Waals surface area contributed by atoms with E-state index >= 15 is 0 Å². The number of hydrogen-bond donors (Lipinski definition) is 0. The van der Waals surface area contributed by atoms with Crippen molar-refractivity contribution in [2.24, 2.45) is 0 Å². The first-order chi connectivity index (χ1) is 12.6. The molecule has 1 aromatic heterocycles. The molecule has 0 fully saturated rings. The van der Waals surface area contributed by atoms with Gasteiger partial charge in [0.05, 0.1) is 5.75 Å². The average molecular weight is 431 g/mol. The van der Waals surface area contributed by atoms with Crippen molar-refractivity contribution in [2.45, 2.75) is 18.6 Å². The van der Waals surface area contributed by atoms with E-state index in [1.807, 2.05) is 73.1 Å². The van der Waals surface area contributed by atoms with Crippen LogP contribution in [0.15, 0.2) is 64.2 Å².